The summed E-state index contributed by atoms with van der Waals surface area (Å²) in [5, 5.41) is 10.5. The maximum atomic E-state index is 16.0. The van der Waals surface area contributed by atoms with Gasteiger partial charge in [-0.05, 0) is 43.4 Å². The largest absolute Gasteiger partial charge is 0.490 e. The average Bonchev–Trinajstić information content (AvgIpc) is 3.68. The SMILES string of the molecule is C=CC(=O)N1CCn2nc(-c3nc(N4CC5(CC(C(=O)NC)C5)C4)c4ccsc4c3-c3c(F)cc(F)cc3OCCOC)cc2[C@H]1C.[HH]. The van der Waals surface area contributed by atoms with Crippen LogP contribution in [0.1, 0.15) is 32.9 Å². The third kappa shape index (κ3) is 5.25. The van der Waals surface area contributed by atoms with Crippen molar-refractivity contribution in [3.8, 4) is 28.3 Å². The van der Waals surface area contributed by atoms with Crippen LogP contribution in [0, 0.1) is 23.0 Å². The second-order valence-corrected chi connectivity index (χ2v) is 13.5. The molecule has 4 aromatic rings. The highest BCUT2D eigenvalue weighted by Gasteiger charge is 2.55. The van der Waals surface area contributed by atoms with E-state index in [1.54, 1.807) is 11.9 Å². The van der Waals surface area contributed by atoms with Gasteiger partial charge in [0.1, 0.15) is 41.2 Å². The first-order chi connectivity index (χ1) is 22.7. The molecular formula is C34H38F2N6O4S. The topological polar surface area (TPSA) is 102 Å². The number of fused-ring (bicyclic) bond motifs is 2. The van der Waals surface area contributed by atoms with Gasteiger partial charge in [0.2, 0.25) is 11.8 Å². The number of amides is 2. The van der Waals surface area contributed by atoms with Crippen molar-refractivity contribution in [1.82, 2.24) is 25.0 Å². The second kappa shape index (κ2) is 12.0. The van der Waals surface area contributed by atoms with Gasteiger partial charge in [-0.2, -0.15) is 5.10 Å². The van der Waals surface area contributed by atoms with Crippen LogP contribution in [-0.2, 0) is 20.9 Å². The molecule has 1 atom stereocenters. The number of pyridine rings is 1. The monoisotopic (exact) mass is 664 g/mol. The molecule has 1 aromatic carbocycles. The van der Waals surface area contributed by atoms with E-state index in [0.717, 1.165) is 53.6 Å². The molecule has 0 bridgehead atoms. The highest BCUT2D eigenvalue weighted by atomic mass is 32.1. The van der Waals surface area contributed by atoms with Gasteiger partial charge in [-0.15, -0.1) is 11.3 Å². The van der Waals surface area contributed by atoms with E-state index in [1.807, 2.05) is 29.1 Å². The number of hydrogen-bond donors (Lipinski definition) is 1. The molecule has 13 heteroatoms. The van der Waals surface area contributed by atoms with Gasteiger partial charge in [-0.3, -0.25) is 14.3 Å². The van der Waals surface area contributed by atoms with Crippen LogP contribution in [0.25, 0.3) is 32.6 Å². The molecule has 2 fully saturated rings. The Hall–Kier alpha value is -4.36. The summed E-state index contributed by atoms with van der Waals surface area (Å²) in [4.78, 5) is 33.9. The van der Waals surface area contributed by atoms with E-state index in [2.05, 4.69) is 16.8 Å². The minimum absolute atomic E-state index is 0. The molecule has 1 saturated carbocycles. The van der Waals surface area contributed by atoms with Crippen LogP contribution in [0.15, 0.2) is 42.3 Å². The molecule has 2 aliphatic heterocycles. The smallest absolute Gasteiger partial charge is 0.246 e. The molecule has 0 radical (unpaired) electrons. The van der Waals surface area contributed by atoms with Crippen molar-refractivity contribution in [2.24, 2.45) is 11.3 Å². The molecule has 3 aromatic heterocycles. The maximum absolute atomic E-state index is 16.0. The van der Waals surface area contributed by atoms with Gasteiger partial charge in [-0.25, -0.2) is 13.8 Å². The first kappa shape index (κ1) is 31.3. The molecule has 3 aliphatic rings. The number of rotatable bonds is 9. The minimum Gasteiger partial charge on any atom is -0.490 e. The van der Waals surface area contributed by atoms with E-state index in [-0.39, 0.29) is 55.1 Å². The third-order valence-corrected chi connectivity index (χ3v) is 10.6. The molecule has 1 spiro atoms. The van der Waals surface area contributed by atoms with Crippen molar-refractivity contribution < 1.29 is 29.3 Å². The van der Waals surface area contributed by atoms with Gasteiger partial charge in [0.15, 0.2) is 0 Å². The number of carbonyl (C=O) groups is 2. The van der Waals surface area contributed by atoms with Crippen molar-refractivity contribution in [1.29, 1.82) is 0 Å². The Labute approximate surface area is 276 Å². The Morgan fingerprint density at radius 3 is 2.70 bits per heavy atom. The molecule has 47 heavy (non-hydrogen) atoms. The van der Waals surface area contributed by atoms with Crippen LogP contribution < -0.4 is 15.0 Å². The van der Waals surface area contributed by atoms with Crippen LogP contribution in [0.5, 0.6) is 5.75 Å². The molecule has 5 heterocycles. The van der Waals surface area contributed by atoms with Crippen LogP contribution in [0.4, 0.5) is 14.6 Å². The number of nitrogens with one attached hydrogen (secondary N) is 1. The third-order valence-electron chi connectivity index (χ3n) is 9.69. The molecular weight excluding hydrogens is 626 g/mol. The van der Waals surface area contributed by atoms with Gasteiger partial charge >= 0.3 is 0 Å². The number of aromatic nitrogens is 3. The number of anilines is 1. The summed E-state index contributed by atoms with van der Waals surface area (Å²) < 4.78 is 44.3. The molecule has 10 nitrogen and oxygen atoms in total. The van der Waals surface area contributed by atoms with Gasteiger partial charge in [0, 0.05) is 74.3 Å². The molecule has 1 saturated heterocycles. The van der Waals surface area contributed by atoms with E-state index in [1.165, 1.54) is 30.6 Å². The molecule has 2 amide bonds. The van der Waals surface area contributed by atoms with E-state index in [9.17, 15) is 14.0 Å². The van der Waals surface area contributed by atoms with Gasteiger partial charge in [0.25, 0.3) is 0 Å². The van der Waals surface area contributed by atoms with E-state index in [0.29, 0.717) is 30.0 Å². The van der Waals surface area contributed by atoms with Crippen molar-refractivity contribution >= 4 is 39.1 Å². The zero-order valence-electron chi connectivity index (χ0n) is 26.5. The van der Waals surface area contributed by atoms with Gasteiger partial charge in [0.05, 0.1) is 30.5 Å². The zero-order valence-corrected chi connectivity index (χ0v) is 27.3. The molecule has 1 N–H and O–H groups in total. The first-order valence-corrected chi connectivity index (χ1v) is 16.5. The first-order valence-electron chi connectivity index (χ1n) is 15.7. The Kier molecular flexibility index (Phi) is 7.99. The molecule has 1 aliphatic carbocycles. The molecule has 0 unspecified atom stereocenters. The maximum Gasteiger partial charge on any atom is 0.246 e. The lowest BCUT2D eigenvalue weighted by Crippen LogP contribution is -2.64. The highest BCUT2D eigenvalue weighted by Crippen LogP contribution is 2.55. The number of carbonyl (C=O) groups excluding carboxylic acids is 2. The summed E-state index contributed by atoms with van der Waals surface area (Å²) in [6.45, 7) is 8.35. The quantitative estimate of drug-likeness (QED) is 0.188. The average molecular weight is 665 g/mol. The molecule has 248 valence electrons. The van der Waals surface area contributed by atoms with E-state index >= 15 is 4.39 Å². The summed E-state index contributed by atoms with van der Waals surface area (Å²) in [6, 6.07) is 5.63. The normalized spacial score (nSPS) is 18.5. The van der Waals surface area contributed by atoms with Crippen molar-refractivity contribution in [3.63, 3.8) is 0 Å². The lowest BCUT2D eigenvalue weighted by atomic mass is 9.57. The fraction of sp³-hybridized carbons (Fsp3) is 0.412. The summed E-state index contributed by atoms with van der Waals surface area (Å²) in [7, 11) is 3.20. The minimum atomic E-state index is -0.777. The fourth-order valence-corrected chi connectivity index (χ4v) is 8.33. The number of halogens is 2. The summed E-state index contributed by atoms with van der Waals surface area (Å²) in [5.41, 5.74) is 2.39. The van der Waals surface area contributed by atoms with E-state index < -0.39 is 11.6 Å². The van der Waals surface area contributed by atoms with Crippen LogP contribution in [-0.4, -0.2) is 78.5 Å². The Bertz CT molecular complexity index is 1900. The lowest BCUT2D eigenvalue weighted by molar-refractivity contribution is -0.133. The predicted molar refractivity (Wildman–Crippen MR) is 177 cm³/mol. The lowest BCUT2D eigenvalue weighted by Gasteiger charge is -2.59. The predicted octanol–water partition coefficient (Wildman–Crippen LogP) is 5.43. The van der Waals surface area contributed by atoms with Crippen LogP contribution in [0.3, 0.4) is 0 Å². The van der Waals surface area contributed by atoms with Crippen molar-refractivity contribution in [2.45, 2.75) is 32.4 Å². The number of benzene rings is 1. The van der Waals surface area contributed by atoms with Gasteiger partial charge in [-0.1, -0.05) is 6.58 Å². The Morgan fingerprint density at radius 2 is 1.98 bits per heavy atom. The standard InChI is InChI=1S/C34H36F2N6O4S.H2/c1-5-27(43)41-7-8-42-25(19(41)2)14-24(39-42)30-29(28-23(36)12-21(35)13-26(28)46-10-9-45-4)31-22(6-11-47-31)32(38-30)40-17-34(18-40)15-20(16-34)33(44)37-3;/h5-6,11-14,19-20H,1,7-10,15-18H2,2-4H3,(H,37,44);1H/t19-;/m1./s1. The number of ether oxygens (including phenoxy) is 2. The Morgan fingerprint density at radius 1 is 1.19 bits per heavy atom. The number of thiophene rings is 1. The van der Waals surface area contributed by atoms with Crippen molar-refractivity contribution in [2.75, 3.05) is 51.9 Å². The number of hydrogen-bond acceptors (Lipinski definition) is 8. The summed E-state index contributed by atoms with van der Waals surface area (Å²) in [5.74, 6) is -0.801. The zero-order chi connectivity index (χ0) is 33.0. The number of nitrogens with zero attached hydrogens (tertiary/aromatic N) is 5. The summed E-state index contributed by atoms with van der Waals surface area (Å²) >= 11 is 1.44. The van der Waals surface area contributed by atoms with Crippen LogP contribution in [0.2, 0.25) is 0 Å². The van der Waals surface area contributed by atoms with Gasteiger partial charge < -0.3 is 24.6 Å². The van der Waals surface area contributed by atoms with Crippen LogP contribution >= 0.6 is 11.3 Å². The fourth-order valence-electron chi connectivity index (χ4n) is 7.39. The summed E-state index contributed by atoms with van der Waals surface area (Å²) in [6.07, 6.45) is 2.96. The molecule has 7 rings (SSSR count). The number of methoxy groups -OCH3 is 1. The highest BCUT2D eigenvalue weighted by molar-refractivity contribution is 7.18. The Balaban J connectivity index is 0.00000401. The van der Waals surface area contributed by atoms with Crippen molar-refractivity contribution in [3.05, 3.63) is 59.6 Å². The second-order valence-electron chi connectivity index (χ2n) is 12.6. The van der Waals surface area contributed by atoms with E-state index in [4.69, 9.17) is 19.6 Å².